The number of fused-ring (bicyclic) bond motifs is 1. The molecule has 0 amide bonds. The maximum atomic E-state index is 7.56. The lowest BCUT2D eigenvalue weighted by Crippen LogP contribution is -2.10. The Morgan fingerprint density at radius 3 is 2.31 bits per heavy atom. The summed E-state index contributed by atoms with van der Waals surface area (Å²) in [7, 11) is 3.18. The first-order valence-corrected chi connectivity index (χ1v) is 8.92. The predicted molar refractivity (Wildman–Crippen MR) is 112 cm³/mol. The van der Waals surface area contributed by atoms with E-state index in [2.05, 4.69) is 9.97 Å². The van der Waals surface area contributed by atoms with E-state index in [-0.39, 0.29) is 5.84 Å². The Morgan fingerprint density at radius 2 is 1.62 bits per heavy atom. The van der Waals surface area contributed by atoms with Crippen LogP contribution in [0.5, 0.6) is 23.0 Å². The molecule has 0 fully saturated rings. The van der Waals surface area contributed by atoms with Crippen LogP contribution in [0.15, 0.2) is 60.7 Å². The van der Waals surface area contributed by atoms with Gasteiger partial charge in [0.05, 0.1) is 25.3 Å². The summed E-state index contributed by atoms with van der Waals surface area (Å²) < 4.78 is 16.5. The molecule has 7 heteroatoms. The zero-order valence-electron chi connectivity index (χ0n) is 16.0. The fourth-order valence-corrected chi connectivity index (χ4v) is 3.01. The number of benzene rings is 3. The van der Waals surface area contributed by atoms with Gasteiger partial charge in [0.25, 0.3) is 0 Å². The minimum Gasteiger partial charge on any atom is -0.493 e. The molecule has 0 aliphatic carbocycles. The number of nitrogen functional groups attached to an aromatic ring is 1. The van der Waals surface area contributed by atoms with Gasteiger partial charge >= 0.3 is 0 Å². The minimum atomic E-state index is 0.0275. The van der Waals surface area contributed by atoms with Gasteiger partial charge in [0.2, 0.25) is 0 Å². The van der Waals surface area contributed by atoms with Crippen LogP contribution in [-0.4, -0.2) is 30.0 Å². The average molecular weight is 388 g/mol. The van der Waals surface area contributed by atoms with E-state index in [0.29, 0.717) is 28.6 Å². The van der Waals surface area contributed by atoms with Crippen molar-refractivity contribution in [3.63, 3.8) is 0 Å². The summed E-state index contributed by atoms with van der Waals surface area (Å²) in [5.74, 6) is 3.35. The van der Waals surface area contributed by atoms with Crippen molar-refractivity contribution in [2.24, 2.45) is 5.73 Å². The van der Waals surface area contributed by atoms with Crippen LogP contribution in [0.2, 0.25) is 0 Å². The molecule has 0 aliphatic heterocycles. The van der Waals surface area contributed by atoms with E-state index in [9.17, 15) is 0 Å². The maximum absolute atomic E-state index is 7.56. The molecule has 0 aliphatic rings. The number of H-pyrrole nitrogens is 1. The average Bonchev–Trinajstić information content (AvgIpc) is 3.17. The van der Waals surface area contributed by atoms with Crippen LogP contribution in [0.3, 0.4) is 0 Å². The van der Waals surface area contributed by atoms with Crippen molar-refractivity contribution in [2.45, 2.75) is 0 Å². The molecule has 4 rings (SSSR count). The Kier molecular flexibility index (Phi) is 4.78. The normalized spacial score (nSPS) is 10.7. The molecule has 0 unspecified atom stereocenters. The van der Waals surface area contributed by atoms with Crippen LogP contribution in [-0.2, 0) is 0 Å². The second-order valence-corrected chi connectivity index (χ2v) is 6.37. The lowest BCUT2D eigenvalue weighted by Gasteiger charge is -2.10. The van der Waals surface area contributed by atoms with Crippen LogP contribution < -0.4 is 19.9 Å². The van der Waals surface area contributed by atoms with E-state index in [4.69, 9.17) is 25.4 Å². The van der Waals surface area contributed by atoms with Crippen LogP contribution in [0, 0.1) is 5.41 Å². The Morgan fingerprint density at radius 1 is 0.897 bits per heavy atom. The monoisotopic (exact) mass is 388 g/mol. The number of amidine groups is 1. The quantitative estimate of drug-likeness (QED) is 0.337. The lowest BCUT2D eigenvalue weighted by molar-refractivity contribution is 0.352. The molecule has 1 heterocycles. The van der Waals surface area contributed by atoms with E-state index in [0.717, 1.165) is 22.4 Å². The Balaban J connectivity index is 1.56. The van der Waals surface area contributed by atoms with E-state index >= 15 is 0 Å². The van der Waals surface area contributed by atoms with Gasteiger partial charge in [-0.1, -0.05) is 0 Å². The molecule has 0 atom stereocenters. The fourth-order valence-electron chi connectivity index (χ4n) is 3.01. The summed E-state index contributed by atoms with van der Waals surface area (Å²) in [6.45, 7) is 0. The third kappa shape index (κ3) is 3.70. The second-order valence-electron chi connectivity index (χ2n) is 6.37. The van der Waals surface area contributed by atoms with E-state index in [1.165, 1.54) is 0 Å². The summed E-state index contributed by atoms with van der Waals surface area (Å²) in [5.41, 5.74) is 8.78. The molecule has 7 nitrogen and oxygen atoms in total. The molecule has 0 bridgehead atoms. The number of ether oxygens (including phenoxy) is 3. The standard InChI is InChI=1S/C22H20N4O3/c1-27-19-10-8-16(12-20(19)28-2)29-15-6-3-13(4-7-15)22-25-17-9-5-14(21(23)24)11-18(17)26-22/h3-12H,1-2H3,(H3,23,24)(H,25,26). The molecule has 146 valence electrons. The topological polar surface area (TPSA) is 106 Å². The zero-order chi connectivity index (χ0) is 20.4. The summed E-state index contributed by atoms with van der Waals surface area (Å²) in [4.78, 5) is 7.87. The Bertz CT molecular complexity index is 1180. The number of nitrogens with two attached hydrogens (primary N) is 1. The second kappa shape index (κ2) is 7.55. The first-order chi connectivity index (χ1) is 14.1. The van der Waals surface area contributed by atoms with Gasteiger partial charge in [0.1, 0.15) is 23.2 Å². The van der Waals surface area contributed by atoms with Crippen molar-refractivity contribution in [3.8, 4) is 34.4 Å². The molecule has 0 spiro atoms. The summed E-state index contributed by atoms with van der Waals surface area (Å²) in [6, 6.07) is 18.5. The van der Waals surface area contributed by atoms with Gasteiger partial charge in [-0.15, -0.1) is 0 Å². The predicted octanol–water partition coefficient (Wildman–Crippen LogP) is 4.32. The van der Waals surface area contributed by atoms with Gasteiger partial charge in [-0.25, -0.2) is 4.98 Å². The van der Waals surface area contributed by atoms with Gasteiger partial charge in [0.15, 0.2) is 11.5 Å². The number of nitrogens with zero attached hydrogens (tertiary/aromatic N) is 1. The number of hydrogen-bond acceptors (Lipinski definition) is 5. The van der Waals surface area contributed by atoms with Crippen LogP contribution in [0.4, 0.5) is 0 Å². The van der Waals surface area contributed by atoms with Crippen molar-refractivity contribution in [1.29, 1.82) is 5.41 Å². The summed E-state index contributed by atoms with van der Waals surface area (Å²) in [5, 5.41) is 7.56. The molecule has 4 aromatic rings. The van der Waals surface area contributed by atoms with Gasteiger partial charge in [-0.3, -0.25) is 5.41 Å². The summed E-state index contributed by atoms with van der Waals surface area (Å²) >= 11 is 0. The highest BCUT2D eigenvalue weighted by atomic mass is 16.5. The van der Waals surface area contributed by atoms with Gasteiger partial charge in [-0.05, 0) is 54.6 Å². The van der Waals surface area contributed by atoms with Crippen LogP contribution in [0.1, 0.15) is 5.56 Å². The first kappa shape index (κ1) is 18.4. The molecular formula is C22H20N4O3. The third-order valence-corrected chi connectivity index (χ3v) is 4.51. The largest absolute Gasteiger partial charge is 0.493 e. The van der Waals surface area contributed by atoms with Crippen LogP contribution >= 0.6 is 0 Å². The SMILES string of the molecule is COc1ccc(Oc2ccc(-c3nc4ccc(C(=N)N)cc4[nH]3)cc2)cc1OC. The maximum Gasteiger partial charge on any atom is 0.164 e. The van der Waals surface area contributed by atoms with E-state index in [1.807, 2.05) is 42.5 Å². The third-order valence-electron chi connectivity index (χ3n) is 4.51. The van der Waals surface area contributed by atoms with Crippen LogP contribution in [0.25, 0.3) is 22.4 Å². The van der Waals surface area contributed by atoms with Crippen molar-refractivity contribution < 1.29 is 14.2 Å². The zero-order valence-corrected chi connectivity index (χ0v) is 16.0. The Labute approximate surface area is 167 Å². The lowest BCUT2D eigenvalue weighted by atomic mass is 10.2. The molecule has 1 aromatic heterocycles. The highest BCUT2D eigenvalue weighted by Crippen LogP contribution is 2.33. The molecular weight excluding hydrogens is 368 g/mol. The molecule has 0 radical (unpaired) electrons. The highest BCUT2D eigenvalue weighted by molar-refractivity contribution is 5.98. The van der Waals surface area contributed by atoms with Gasteiger partial charge in [-0.2, -0.15) is 0 Å². The van der Waals surface area contributed by atoms with Crippen molar-refractivity contribution in [1.82, 2.24) is 9.97 Å². The molecule has 0 saturated heterocycles. The van der Waals surface area contributed by atoms with Gasteiger partial charge < -0.3 is 24.9 Å². The molecule has 4 N–H and O–H groups in total. The fraction of sp³-hybridized carbons (Fsp3) is 0.0909. The minimum absolute atomic E-state index is 0.0275. The molecule has 29 heavy (non-hydrogen) atoms. The van der Waals surface area contributed by atoms with E-state index in [1.54, 1.807) is 32.4 Å². The number of aromatic nitrogens is 2. The van der Waals surface area contributed by atoms with E-state index < -0.39 is 0 Å². The van der Waals surface area contributed by atoms with Crippen molar-refractivity contribution in [3.05, 3.63) is 66.2 Å². The smallest absolute Gasteiger partial charge is 0.164 e. The number of hydrogen-bond donors (Lipinski definition) is 3. The Hall–Kier alpha value is -4.00. The summed E-state index contributed by atoms with van der Waals surface area (Å²) in [6.07, 6.45) is 0. The number of imidazole rings is 1. The number of nitrogens with one attached hydrogen (secondary N) is 2. The van der Waals surface area contributed by atoms with Crippen molar-refractivity contribution in [2.75, 3.05) is 14.2 Å². The first-order valence-electron chi connectivity index (χ1n) is 8.92. The van der Waals surface area contributed by atoms with Crippen molar-refractivity contribution >= 4 is 16.9 Å². The molecule has 0 saturated carbocycles. The molecule has 3 aromatic carbocycles. The highest BCUT2D eigenvalue weighted by Gasteiger charge is 2.09. The van der Waals surface area contributed by atoms with Gasteiger partial charge in [0, 0.05) is 17.2 Å². The number of rotatable bonds is 6. The number of methoxy groups -OCH3 is 2. The number of aromatic amines is 1.